The van der Waals surface area contributed by atoms with Crippen LogP contribution < -0.4 is 15.0 Å². The number of anilines is 2. The molecule has 0 radical (unpaired) electrons. The fourth-order valence-electron chi connectivity index (χ4n) is 5.55. The standard InChI is InChI=1S/C29H37ClF3N5O4/c1-28(2,3)42-27(39)37-10-6-18(7-11-37)9-13-41-22-5-4-20(14-21(22)29(31,32)33)23-24-25(36-26(30)35-23)38(17-34-24)15-19-8-12-40-16-19/h4-5,14,18-19,34H,6-13,15-17H2,1-3H3. The maximum absolute atomic E-state index is 14.2. The first-order valence-corrected chi connectivity index (χ1v) is 14.7. The highest BCUT2D eigenvalue weighted by atomic mass is 35.5. The predicted octanol–water partition coefficient (Wildman–Crippen LogP) is 6.46. The Kier molecular flexibility index (Phi) is 8.94. The molecule has 2 fully saturated rings. The van der Waals surface area contributed by atoms with Crippen LogP contribution in [-0.2, 0) is 15.7 Å². The van der Waals surface area contributed by atoms with Crippen LogP contribution >= 0.6 is 11.6 Å². The van der Waals surface area contributed by atoms with Crippen LogP contribution in [0.1, 0.15) is 52.0 Å². The molecule has 13 heteroatoms. The monoisotopic (exact) mass is 611 g/mol. The van der Waals surface area contributed by atoms with E-state index >= 15 is 0 Å². The lowest BCUT2D eigenvalue weighted by Crippen LogP contribution is -2.41. The van der Waals surface area contributed by atoms with Gasteiger partial charge in [-0.15, -0.1) is 0 Å². The van der Waals surface area contributed by atoms with E-state index in [2.05, 4.69) is 15.3 Å². The fraction of sp³-hybridized carbons (Fsp3) is 0.621. The zero-order chi connectivity index (χ0) is 30.1. The van der Waals surface area contributed by atoms with Crippen molar-refractivity contribution in [2.24, 2.45) is 11.8 Å². The molecule has 1 amide bonds. The number of nitrogens with one attached hydrogen (secondary N) is 1. The summed E-state index contributed by atoms with van der Waals surface area (Å²) in [6.45, 7) is 9.25. The van der Waals surface area contributed by atoms with Gasteiger partial charge in [-0.3, -0.25) is 0 Å². The van der Waals surface area contributed by atoms with Crippen molar-refractivity contribution >= 4 is 29.2 Å². The number of amides is 1. The molecule has 0 spiro atoms. The van der Waals surface area contributed by atoms with Crippen molar-refractivity contribution in [3.05, 3.63) is 29.0 Å². The average Bonchev–Trinajstić information content (AvgIpc) is 3.58. The Morgan fingerprint density at radius 2 is 1.90 bits per heavy atom. The van der Waals surface area contributed by atoms with Crippen molar-refractivity contribution in [2.45, 2.75) is 58.2 Å². The molecule has 2 aromatic rings. The van der Waals surface area contributed by atoms with Crippen LogP contribution in [0.25, 0.3) is 11.3 Å². The van der Waals surface area contributed by atoms with E-state index in [9.17, 15) is 18.0 Å². The highest BCUT2D eigenvalue weighted by Crippen LogP contribution is 2.43. The molecule has 4 heterocycles. The predicted molar refractivity (Wildman–Crippen MR) is 153 cm³/mol. The molecular formula is C29H37ClF3N5O4. The lowest BCUT2D eigenvalue weighted by Gasteiger charge is -2.33. The molecule has 3 aliphatic heterocycles. The van der Waals surface area contributed by atoms with Gasteiger partial charge < -0.3 is 29.3 Å². The average molecular weight is 612 g/mol. The van der Waals surface area contributed by atoms with Crippen molar-refractivity contribution in [1.82, 2.24) is 14.9 Å². The van der Waals surface area contributed by atoms with Crippen molar-refractivity contribution in [2.75, 3.05) is 56.3 Å². The van der Waals surface area contributed by atoms with Crippen molar-refractivity contribution in [3.63, 3.8) is 0 Å². The number of halogens is 4. The van der Waals surface area contributed by atoms with Gasteiger partial charge in [0.25, 0.3) is 0 Å². The lowest BCUT2D eigenvalue weighted by molar-refractivity contribution is -0.138. The summed E-state index contributed by atoms with van der Waals surface area (Å²) in [7, 11) is 0. The highest BCUT2D eigenvalue weighted by Gasteiger charge is 2.36. The zero-order valence-corrected chi connectivity index (χ0v) is 24.9. The molecule has 2 saturated heterocycles. The Hall–Kier alpha value is -2.99. The van der Waals surface area contributed by atoms with Crippen LogP contribution in [0.3, 0.4) is 0 Å². The van der Waals surface area contributed by atoms with Gasteiger partial charge in [-0.2, -0.15) is 18.2 Å². The van der Waals surface area contributed by atoms with E-state index in [0.29, 0.717) is 62.4 Å². The summed E-state index contributed by atoms with van der Waals surface area (Å²) in [4.78, 5) is 24.6. The Bertz CT molecular complexity index is 1280. The Morgan fingerprint density at radius 1 is 1.14 bits per heavy atom. The molecule has 0 aliphatic carbocycles. The molecule has 5 rings (SSSR count). The maximum atomic E-state index is 14.2. The van der Waals surface area contributed by atoms with E-state index in [0.717, 1.165) is 31.9 Å². The second-order valence-electron chi connectivity index (χ2n) is 12.1. The summed E-state index contributed by atoms with van der Waals surface area (Å²) in [6, 6.07) is 3.97. The molecule has 230 valence electrons. The summed E-state index contributed by atoms with van der Waals surface area (Å²) in [5.41, 5.74) is -0.305. The number of hydrogen-bond acceptors (Lipinski definition) is 8. The quantitative estimate of drug-likeness (QED) is 0.357. The van der Waals surface area contributed by atoms with E-state index in [1.807, 2.05) is 25.7 Å². The molecule has 1 unspecified atom stereocenters. The number of carbonyl (C=O) groups is 1. The second kappa shape index (κ2) is 12.3. The van der Waals surface area contributed by atoms with Crippen molar-refractivity contribution in [1.29, 1.82) is 0 Å². The van der Waals surface area contributed by atoms with Gasteiger partial charge in [0.05, 0.1) is 25.4 Å². The number of nitrogens with zero attached hydrogens (tertiary/aromatic N) is 4. The largest absolute Gasteiger partial charge is 0.493 e. The van der Waals surface area contributed by atoms with Gasteiger partial charge in [-0.1, -0.05) is 0 Å². The minimum absolute atomic E-state index is 0.0354. The third-order valence-electron chi connectivity index (χ3n) is 7.72. The molecule has 1 aromatic carbocycles. The second-order valence-corrected chi connectivity index (χ2v) is 12.4. The number of carbonyl (C=O) groups excluding carboxylic acids is 1. The number of ether oxygens (including phenoxy) is 3. The molecule has 1 aromatic heterocycles. The molecule has 42 heavy (non-hydrogen) atoms. The van der Waals surface area contributed by atoms with Gasteiger partial charge in [0.15, 0.2) is 5.82 Å². The van der Waals surface area contributed by atoms with E-state index in [1.54, 1.807) is 11.0 Å². The molecule has 0 saturated carbocycles. The van der Waals surface area contributed by atoms with Crippen molar-refractivity contribution < 1.29 is 32.2 Å². The third-order valence-corrected chi connectivity index (χ3v) is 7.89. The number of piperidine rings is 1. The Morgan fingerprint density at radius 3 is 2.57 bits per heavy atom. The summed E-state index contributed by atoms with van der Waals surface area (Å²) in [6.07, 6.45) is -1.96. The lowest BCUT2D eigenvalue weighted by atomic mass is 9.94. The number of fused-ring (bicyclic) bond motifs is 1. The highest BCUT2D eigenvalue weighted by molar-refractivity contribution is 6.28. The van der Waals surface area contributed by atoms with E-state index in [4.69, 9.17) is 25.8 Å². The van der Waals surface area contributed by atoms with Crippen LogP contribution in [0, 0.1) is 11.8 Å². The Balaban J connectivity index is 1.25. The summed E-state index contributed by atoms with van der Waals surface area (Å²) >= 11 is 6.24. The van der Waals surface area contributed by atoms with Gasteiger partial charge in [0.2, 0.25) is 5.28 Å². The molecule has 3 aliphatic rings. The SMILES string of the molecule is CC(C)(C)OC(=O)N1CCC(CCOc2ccc(-c3nc(Cl)nc4c3NCN4CC3CCOC3)cc2C(F)(F)F)CC1. The molecule has 1 atom stereocenters. The minimum Gasteiger partial charge on any atom is -0.493 e. The van der Waals surface area contributed by atoms with Gasteiger partial charge in [-0.25, -0.2) is 9.78 Å². The minimum atomic E-state index is -4.63. The first-order chi connectivity index (χ1) is 19.9. The topological polar surface area (TPSA) is 89.0 Å². The van der Waals surface area contributed by atoms with Gasteiger partial charge in [0, 0.05) is 37.7 Å². The fourth-order valence-corrected chi connectivity index (χ4v) is 5.72. The van der Waals surface area contributed by atoms with Crippen LogP contribution in [0.5, 0.6) is 5.75 Å². The van der Waals surface area contributed by atoms with Gasteiger partial charge in [0.1, 0.15) is 22.7 Å². The van der Waals surface area contributed by atoms with E-state index in [1.165, 1.54) is 6.07 Å². The number of rotatable bonds is 7. The summed E-state index contributed by atoms with van der Waals surface area (Å²) in [5, 5.41) is 3.20. The van der Waals surface area contributed by atoms with Crippen molar-refractivity contribution in [3.8, 4) is 17.0 Å². The molecule has 0 bridgehead atoms. The summed E-state index contributed by atoms with van der Waals surface area (Å²) < 4.78 is 59.1. The van der Waals surface area contributed by atoms with E-state index < -0.39 is 17.3 Å². The zero-order valence-electron chi connectivity index (χ0n) is 24.1. The number of benzene rings is 1. The summed E-state index contributed by atoms with van der Waals surface area (Å²) in [5.74, 6) is 0.933. The third kappa shape index (κ3) is 7.31. The first-order valence-electron chi connectivity index (χ1n) is 14.3. The van der Waals surface area contributed by atoms with Gasteiger partial charge in [-0.05, 0) is 82.2 Å². The smallest absolute Gasteiger partial charge is 0.419 e. The number of likely N-dealkylation sites (tertiary alicyclic amines) is 1. The Labute approximate surface area is 248 Å². The van der Waals surface area contributed by atoms with Crippen LogP contribution in [0.4, 0.5) is 29.5 Å². The molecule has 1 N–H and O–H groups in total. The van der Waals surface area contributed by atoms with Crippen LogP contribution in [0.15, 0.2) is 18.2 Å². The maximum Gasteiger partial charge on any atom is 0.419 e. The number of aromatic nitrogens is 2. The normalized spacial score (nSPS) is 19.5. The number of hydrogen-bond donors (Lipinski definition) is 1. The first kappa shape index (κ1) is 30.5. The van der Waals surface area contributed by atoms with E-state index in [-0.39, 0.29) is 35.2 Å². The van der Waals surface area contributed by atoms with Gasteiger partial charge >= 0.3 is 12.3 Å². The molecule has 9 nitrogen and oxygen atoms in total. The van der Waals surface area contributed by atoms with Crippen LogP contribution in [0.2, 0.25) is 5.28 Å². The van der Waals surface area contributed by atoms with Crippen LogP contribution in [-0.4, -0.2) is 72.7 Å². The molecular weight excluding hydrogens is 575 g/mol. The number of alkyl halides is 3.